The van der Waals surface area contributed by atoms with Crippen molar-refractivity contribution in [2.45, 2.75) is 304 Å². The molecule has 0 bridgehead atoms. The maximum absolute atomic E-state index is 12.9. The van der Waals surface area contributed by atoms with Gasteiger partial charge in [-0.1, -0.05) is 234 Å². The highest BCUT2D eigenvalue weighted by atomic mass is 31.2. The van der Waals surface area contributed by atoms with Crippen molar-refractivity contribution in [3.05, 3.63) is 0 Å². The van der Waals surface area contributed by atoms with Gasteiger partial charge in [-0.3, -0.25) is 37.3 Å². The molecule has 0 amide bonds. The van der Waals surface area contributed by atoms with Crippen LogP contribution in [0.4, 0.5) is 0 Å². The van der Waals surface area contributed by atoms with Crippen LogP contribution in [0.5, 0.6) is 0 Å². The Morgan fingerprint density at radius 2 is 0.615 bits per heavy atom. The molecule has 4 unspecified atom stereocenters. The van der Waals surface area contributed by atoms with Crippen molar-refractivity contribution in [2.75, 3.05) is 39.6 Å². The van der Waals surface area contributed by atoms with Crippen LogP contribution in [0.25, 0.3) is 0 Å². The number of phosphoric ester groups is 2. The van der Waals surface area contributed by atoms with E-state index in [9.17, 15) is 43.2 Å². The molecule has 0 aromatic heterocycles. The summed E-state index contributed by atoms with van der Waals surface area (Å²) in [5.41, 5.74) is 0. The lowest BCUT2D eigenvalue weighted by atomic mass is 10.00. The number of aliphatic hydroxyl groups is 1. The van der Waals surface area contributed by atoms with E-state index >= 15 is 0 Å². The molecule has 0 saturated heterocycles. The number of phosphoric acid groups is 2. The van der Waals surface area contributed by atoms with E-state index in [-0.39, 0.29) is 25.7 Å². The number of unbranched alkanes of at least 4 members (excludes halogenated alkanes) is 26. The fourth-order valence-electron chi connectivity index (χ4n) is 8.58. The number of hydrogen-bond donors (Lipinski definition) is 3. The van der Waals surface area contributed by atoms with Crippen molar-refractivity contribution in [2.24, 2.45) is 11.8 Å². The van der Waals surface area contributed by atoms with Crippen molar-refractivity contribution in [3.63, 3.8) is 0 Å². The zero-order chi connectivity index (χ0) is 58.0. The zero-order valence-corrected chi connectivity index (χ0v) is 51.7. The summed E-state index contributed by atoms with van der Waals surface area (Å²) in [5.74, 6) is -0.696. The lowest BCUT2D eigenvalue weighted by molar-refractivity contribution is -0.161. The van der Waals surface area contributed by atoms with E-state index in [1.165, 1.54) is 83.5 Å². The molecule has 0 radical (unpaired) electrons. The second-order valence-corrected chi connectivity index (χ2v) is 24.8. The Labute approximate surface area is 473 Å². The first-order chi connectivity index (χ1) is 37.4. The summed E-state index contributed by atoms with van der Waals surface area (Å²) in [6.45, 7) is 9.32. The molecule has 0 aliphatic rings. The van der Waals surface area contributed by atoms with Crippen molar-refractivity contribution in [3.8, 4) is 0 Å². The van der Waals surface area contributed by atoms with E-state index < -0.39 is 97.5 Å². The smallest absolute Gasteiger partial charge is 0.462 e. The third kappa shape index (κ3) is 51.0. The molecule has 0 aromatic rings. The normalized spacial score (nSPS) is 15.1. The first-order valence-electron chi connectivity index (χ1n) is 31.1. The van der Waals surface area contributed by atoms with Crippen LogP contribution in [-0.4, -0.2) is 96.7 Å². The number of carbonyl (C=O) groups excluding carboxylic acids is 4. The molecule has 462 valence electrons. The average molecular weight is 1160 g/mol. The largest absolute Gasteiger partial charge is 0.472 e. The minimum absolute atomic E-state index is 0.102. The van der Waals surface area contributed by atoms with Gasteiger partial charge in [0.1, 0.15) is 19.3 Å². The highest BCUT2D eigenvalue weighted by Crippen LogP contribution is 2.45. The molecule has 0 fully saturated rings. The maximum Gasteiger partial charge on any atom is 0.472 e. The van der Waals surface area contributed by atoms with Gasteiger partial charge >= 0.3 is 39.5 Å². The second-order valence-electron chi connectivity index (χ2n) is 21.9. The van der Waals surface area contributed by atoms with Crippen LogP contribution in [0.15, 0.2) is 0 Å². The minimum atomic E-state index is -4.94. The average Bonchev–Trinajstić information content (AvgIpc) is 3.41. The molecule has 17 nitrogen and oxygen atoms in total. The van der Waals surface area contributed by atoms with Crippen LogP contribution in [0.3, 0.4) is 0 Å². The second kappa shape index (κ2) is 51.9. The van der Waals surface area contributed by atoms with E-state index in [1.54, 1.807) is 0 Å². The topological polar surface area (TPSA) is 237 Å². The van der Waals surface area contributed by atoms with E-state index in [1.807, 2.05) is 0 Å². The molecule has 0 heterocycles. The molecule has 0 aromatic carbocycles. The standard InChI is InChI=1S/C59H114O17P2/c1-7-11-13-15-17-18-19-20-22-31-37-43-58(63)75-54(48-70-57(62)42-36-30-25-23-27-33-39-51(5)9-3)49-73-77(65,66)71-45-53(60)46-72-78(67,68)74-50-55(47-69-56(61)41-35-29-21-16-14-12-8-2)76-59(64)44-38-32-26-24-28-34-40-52(6)10-4/h51-55,60H,7-50H2,1-6H3,(H,65,66)(H,67,68)/t51?,52?,53-,54-,55-/m1/s1. The molecule has 78 heavy (non-hydrogen) atoms. The monoisotopic (exact) mass is 1160 g/mol. The van der Waals surface area contributed by atoms with Crippen molar-refractivity contribution in [1.82, 2.24) is 0 Å². The zero-order valence-electron chi connectivity index (χ0n) is 50.0. The van der Waals surface area contributed by atoms with Crippen LogP contribution in [0, 0.1) is 11.8 Å². The van der Waals surface area contributed by atoms with Gasteiger partial charge in [-0.15, -0.1) is 0 Å². The Hall–Kier alpha value is -1.94. The number of carbonyl (C=O) groups is 4. The SMILES string of the molecule is CCCCCCCCCCCCCC(=O)O[C@H](COC(=O)CCCCCCCCC(C)CC)COP(=O)(O)OC[C@@H](O)COP(=O)(O)OC[C@@H](COC(=O)CCCCCCCCC)OC(=O)CCCCCCCCC(C)CC. The number of rotatable bonds is 58. The van der Waals surface area contributed by atoms with Crippen LogP contribution in [0.2, 0.25) is 0 Å². The number of aliphatic hydroxyl groups excluding tert-OH is 1. The number of ether oxygens (including phenoxy) is 4. The van der Waals surface area contributed by atoms with Gasteiger partial charge in [0.15, 0.2) is 12.2 Å². The molecule has 7 atom stereocenters. The fraction of sp³-hybridized carbons (Fsp3) is 0.932. The third-order valence-corrected chi connectivity index (χ3v) is 16.1. The van der Waals surface area contributed by atoms with Gasteiger partial charge in [-0.2, -0.15) is 0 Å². The number of hydrogen-bond acceptors (Lipinski definition) is 15. The third-order valence-electron chi connectivity index (χ3n) is 14.2. The van der Waals surface area contributed by atoms with Crippen LogP contribution >= 0.6 is 15.6 Å². The molecule has 0 spiro atoms. The van der Waals surface area contributed by atoms with Gasteiger partial charge in [0.25, 0.3) is 0 Å². The van der Waals surface area contributed by atoms with Gasteiger partial charge < -0.3 is 33.8 Å². The van der Waals surface area contributed by atoms with Crippen LogP contribution in [-0.2, 0) is 65.4 Å². The quantitative estimate of drug-likeness (QED) is 0.0222. The highest BCUT2D eigenvalue weighted by Gasteiger charge is 2.30. The lowest BCUT2D eigenvalue weighted by Crippen LogP contribution is -2.30. The van der Waals surface area contributed by atoms with E-state index in [0.717, 1.165) is 121 Å². The van der Waals surface area contributed by atoms with Crippen LogP contribution < -0.4 is 0 Å². The predicted octanol–water partition coefficient (Wildman–Crippen LogP) is 15.7. The summed E-state index contributed by atoms with van der Waals surface area (Å²) in [5, 5.41) is 10.5. The Morgan fingerprint density at radius 1 is 0.359 bits per heavy atom. The van der Waals surface area contributed by atoms with Crippen LogP contribution in [0.1, 0.15) is 286 Å². The number of esters is 4. The first-order valence-corrected chi connectivity index (χ1v) is 34.1. The lowest BCUT2D eigenvalue weighted by Gasteiger charge is -2.21. The highest BCUT2D eigenvalue weighted by molar-refractivity contribution is 7.47. The molecule has 0 aliphatic carbocycles. The van der Waals surface area contributed by atoms with E-state index in [2.05, 4.69) is 41.5 Å². The summed E-state index contributed by atoms with van der Waals surface area (Å²) < 4.78 is 67.7. The predicted molar refractivity (Wildman–Crippen MR) is 308 cm³/mol. The van der Waals surface area contributed by atoms with Gasteiger partial charge in [0.05, 0.1) is 26.4 Å². The maximum atomic E-state index is 12.9. The summed E-state index contributed by atoms with van der Waals surface area (Å²) >= 11 is 0. The minimum Gasteiger partial charge on any atom is -0.462 e. The van der Waals surface area contributed by atoms with Gasteiger partial charge in [-0.25, -0.2) is 9.13 Å². The van der Waals surface area contributed by atoms with Gasteiger partial charge in [-0.05, 0) is 37.5 Å². The van der Waals surface area contributed by atoms with Crippen molar-refractivity contribution in [1.29, 1.82) is 0 Å². The summed E-state index contributed by atoms with van der Waals surface area (Å²) in [4.78, 5) is 71.8. The molecule has 0 aliphatic heterocycles. The van der Waals surface area contributed by atoms with E-state index in [0.29, 0.717) is 25.7 Å². The Kier molecular flexibility index (Phi) is 50.6. The Balaban J connectivity index is 5.24. The van der Waals surface area contributed by atoms with Gasteiger partial charge in [0.2, 0.25) is 0 Å². The first kappa shape index (κ1) is 76.1. The van der Waals surface area contributed by atoms with Gasteiger partial charge in [0, 0.05) is 25.7 Å². The molecule has 0 rings (SSSR count). The molecule has 3 N–H and O–H groups in total. The molecule has 0 saturated carbocycles. The molecular formula is C59H114O17P2. The molecular weight excluding hydrogens is 1040 g/mol. The van der Waals surface area contributed by atoms with Crippen molar-refractivity contribution < 1.29 is 80.2 Å². The van der Waals surface area contributed by atoms with Crippen molar-refractivity contribution >= 4 is 39.5 Å². The van der Waals surface area contributed by atoms with E-state index in [4.69, 9.17) is 37.0 Å². The molecule has 19 heteroatoms. The summed E-state index contributed by atoms with van der Waals surface area (Å²) in [6.07, 6.45) is 32.2. The Bertz CT molecular complexity index is 1550. The summed E-state index contributed by atoms with van der Waals surface area (Å²) in [6, 6.07) is 0. The fourth-order valence-corrected chi connectivity index (χ4v) is 10.2. The Morgan fingerprint density at radius 3 is 0.910 bits per heavy atom. The summed E-state index contributed by atoms with van der Waals surface area (Å²) in [7, 11) is -9.87.